The molecule has 1 unspecified atom stereocenters. The molecule has 2 rings (SSSR count). The van der Waals surface area contributed by atoms with Crippen molar-refractivity contribution in [3.8, 4) is 0 Å². The summed E-state index contributed by atoms with van der Waals surface area (Å²) >= 11 is 0. The Balaban J connectivity index is 2.13. The summed E-state index contributed by atoms with van der Waals surface area (Å²) in [6, 6.07) is 3.66. The van der Waals surface area contributed by atoms with Gasteiger partial charge in [0, 0.05) is 6.07 Å². The normalized spacial score (nSPS) is 12.3. The summed E-state index contributed by atoms with van der Waals surface area (Å²) in [7, 11) is 0. The number of hydrogen-bond acceptors (Lipinski definition) is 6. The Morgan fingerprint density at radius 2 is 1.90 bits per heavy atom. The van der Waals surface area contributed by atoms with E-state index >= 15 is 0 Å². The first-order chi connectivity index (χ1) is 13.5. The fraction of sp³-hybridized carbons (Fsp3) is 0.294. The third-order valence-electron chi connectivity index (χ3n) is 3.82. The third kappa shape index (κ3) is 5.46. The Labute approximate surface area is 162 Å². The molecule has 29 heavy (non-hydrogen) atoms. The Morgan fingerprint density at radius 1 is 1.21 bits per heavy atom. The van der Waals surface area contributed by atoms with Gasteiger partial charge in [0.05, 0.1) is 16.7 Å². The number of hydrazine groups is 1. The van der Waals surface area contributed by atoms with Crippen molar-refractivity contribution >= 4 is 23.2 Å². The standard InChI is InChI=1S/C17H17F3N4O5/c1-9(2)14(21-15(25)13-4-3-7-29-13)16(26)23-22-11-6-5-10(17(18,19)20)8-12(11)24(27)28/h3-9,14,22H,1-2H3,(H,21,25)(H,23,26). The molecule has 156 valence electrons. The highest BCUT2D eigenvalue weighted by Crippen LogP contribution is 2.34. The summed E-state index contributed by atoms with van der Waals surface area (Å²) in [5, 5.41) is 13.5. The Hall–Kier alpha value is -3.57. The monoisotopic (exact) mass is 414 g/mol. The van der Waals surface area contributed by atoms with Crippen LogP contribution in [0.15, 0.2) is 41.0 Å². The molecule has 0 aliphatic rings. The SMILES string of the molecule is CC(C)C(NC(=O)c1ccco1)C(=O)NNc1ccc(C(F)(F)F)cc1[N+](=O)[O-]. The van der Waals surface area contributed by atoms with E-state index in [2.05, 4.69) is 16.2 Å². The minimum atomic E-state index is -4.76. The molecule has 1 heterocycles. The maximum atomic E-state index is 12.7. The lowest BCUT2D eigenvalue weighted by Gasteiger charge is -2.21. The number of alkyl halides is 3. The minimum absolute atomic E-state index is 0.0187. The molecule has 2 aromatic rings. The lowest BCUT2D eigenvalue weighted by molar-refractivity contribution is -0.384. The average Bonchev–Trinajstić information content (AvgIpc) is 3.17. The summed E-state index contributed by atoms with van der Waals surface area (Å²) in [6.45, 7) is 3.29. The highest BCUT2D eigenvalue weighted by Gasteiger charge is 2.33. The molecule has 0 aliphatic heterocycles. The zero-order valence-electron chi connectivity index (χ0n) is 15.2. The molecule has 1 aromatic carbocycles. The number of rotatable bonds is 7. The van der Waals surface area contributed by atoms with E-state index in [4.69, 9.17) is 4.42 Å². The van der Waals surface area contributed by atoms with Gasteiger partial charge in [-0.1, -0.05) is 13.8 Å². The number of nitro benzene ring substituents is 1. The van der Waals surface area contributed by atoms with Crippen molar-refractivity contribution in [2.45, 2.75) is 26.1 Å². The summed E-state index contributed by atoms with van der Waals surface area (Å²) in [4.78, 5) is 34.5. The second kappa shape index (κ2) is 8.63. The summed E-state index contributed by atoms with van der Waals surface area (Å²) in [6.07, 6.45) is -3.48. The molecule has 0 radical (unpaired) electrons. The molecule has 12 heteroatoms. The maximum Gasteiger partial charge on any atom is 0.416 e. The lowest BCUT2D eigenvalue weighted by atomic mass is 10.0. The molecule has 1 aromatic heterocycles. The van der Waals surface area contributed by atoms with Gasteiger partial charge in [-0.2, -0.15) is 13.2 Å². The molecule has 1 atom stereocenters. The van der Waals surface area contributed by atoms with Crippen LogP contribution in [-0.4, -0.2) is 22.8 Å². The first kappa shape index (κ1) is 21.7. The maximum absolute atomic E-state index is 12.7. The van der Waals surface area contributed by atoms with E-state index in [1.807, 2.05) is 0 Å². The number of carbonyl (C=O) groups excluding carboxylic acids is 2. The topological polar surface area (TPSA) is 127 Å². The van der Waals surface area contributed by atoms with E-state index in [9.17, 15) is 32.9 Å². The molecular formula is C17H17F3N4O5. The van der Waals surface area contributed by atoms with Crippen LogP contribution >= 0.6 is 0 Å². The van der Waals surface area contributed by atoms with Gasteiger partial charge in [0.2, 0.25) is 0 Å². The fourth-order valence-electron chi connectivity index (χ4n) is 2.33. The number of hydrogen-bond donors (Lipinski definition) is 3. The largest absolute Gasteiger partial charge is 0.459 e. The first-order valence-electron chi connectivity index (χ1n) is 8.26. The van der Waals surface area contributed by atoms with Crippen LogP contribution in [0.5, 0.6) is 0 Å². The van der Waals surface area contributed by atoms with Crippen molar-refractivity contribution in [3.05, 3.63) is 58.0 Å². The molecule has 0 bridgehead atoms. The van der Waals surface area contributed by atoms with E-state index in [-0.39, 0.29) is 17.4 Å². The number of halogens is 3. The van der Waals surface area contributed by atoms with Crippen molar-refractivity contribution in [2.75, 3.05) is 5.43 Å². The quantitative estimate of drug-likeness (QED) is 0.472. The van der Waals surface area contributed by atoms with E-state index in [1.54, 1.807) is 13.8 Å². The zero-order chi connectivity index (χ0) is 21.8. The van der Waals surface area contributed by atoms with Crippen molar-refractivity contribution in [3.63, 3.8) is 0 Å². The molecule has 0 fully saturated rings. The molecule has 0 spiro atoms. The number of amides is 2. The zero-order valence-corrected chi connectivity index (χ0v) is 15.2. The summed E-state index contributed by atoms with van der Waals surface area (Å²) in [5.74, 6) is -1.80. The van der Waals surface area contributed by atoms with Gasteiger partial charge in [0.25, 0.3) is 17.5 Å². The fourth-order valence-corrected chi connectivity index (χ4v) is 2.33. The molecular weight excluding hydrogens is 397 g/mol. The lowest BCUT2D eigenvalue weighted by Crippen LogP contribution is -2.51. The Kier molecular flexibility index (Phi) is 6.46. The number of furan rings is 1. The number of anilines is 1. The first-order valence-corrected chi connectivity index (χ1v) is 8.26. The molecule has 0 saturated carbocycles. The van der Waals surface area contributed by atoms with E-state index < -0.39 is 40.2 Å². The predicted molar refractivity (Wildman–Crippen MR) is 94.7 cm³/mol. The number of nitrogens with one attached hydrogen (secondary N) is 3. The smallest absolute Gasteiger partial charge is 0.416 e. The highest BCUT2D eigenvalue weighted by atomic mass is 19.4. The predicted octanol–water partition coefficient (Wildman–Crippen LogP) is 3.10. The highest BCUT2D eigenvalue weighted by molar-refractivity contribution is 5.95. The van der Waals surface area contributed by atoms with Crippen molar-refractivity contribution in [1.29, 1.82) is 0 Å². The van der Waals surface area contributed by atoms with Crippen LogP contribution in [0.1, 0.15) is 30.0 Å². The van der Waals surface area contributed by atoms with Gasteiger partial charge < -0.3 is 9.73 Å². The number of benzene rings is 1. The molecule has 0 saturated heterocycles. The molecule has 2 amide bonds. The van der Waals surface area contributed by atoms with Gasteiger partial charge in [-0.15, -0.1) is 0 Å². The minimum Gasteiger partial charge on any atom is -0.459 e. The summed E-state index contributed by atoms with van der Waals surface area (Å²) < 4.78 is 43.2. The molecule has 3 N–H and O–H groups in total. The van der Waals surface area contributed by atoms with Gasteiger partial charge in [-0.05, 0) is 30.2 Å². The van der Waals surface area contributed by atoms with Crippen LogP contribution in [0.25, 0.3) is 0 Å². The number of carbonyl (C=O) groups is 2. The van der Waals surface area contributed by atoms with Gasteiger partial charge >= 0.3 is 6.18 Å². The second-order valence-electron chi connectivity index (χ2n) is 6.27. The summed E-state index contributed by atoms with van der Waals surface area (Å²) in [5.41, 5.74) is 1.97. The van der Waals surface area contributed by atoms with E-state index in [0.29, 0.717) is 12.1 Å². The van der Waals surface area contributed by atoms with Gasteiger partial charge in [-0.25, -0.2) is 0 Å². The van der Waals surface area contributed by atoms with Crippen LogP contribution in [0.3, 0.4) is 0 Å². The second-order valence-corrected chi connectivity index (χ2v) is 6.27. The van der Waals surface area contributed by atoms with Gasteiger partial charge in [0.15, 0.2) is 5.76 Å². The molecule has 0 aliphatic carbocycles. The Morgan fingerprint density at radius 3 is 2.41 bits per heavy atom. The van der Waals surface area contributed by atoms with Gasteiger partial charge in [-0.3, -0.25) is 30.6 Å². The average molecular weight is 414 g/mol. The third-order valence-corrected chi connectivity index (χ3v) is 3.82. The number of nitrogens with zero attached hydrogens (tertiary/aromatic N) is 1. The number of nitro groups is 1. The van der Waals surface area contributed by atoms with Gasteiger partial charge in [0.1, 0.15) is 11.7 Å². The van der Waals surface area contributed by atoms with E-state index in [0.717, 1.165) is 6.07 Å². The van der Waals surface area contributed by atoms with Crippen LogP contribution in [0, 0.1) is 16.0 Å². The van der Waals surface area contributed by atoms with Crippen molar-refractivity contribution in [2.24, 2.45) is 5.92 Å². The van der Waals surface area contributed by atoms with Crippen LogP contribution in [-0.2, 0) is 11.0 Å². The van der Waals surface area contributed by atoms with Crippen molar-refractivity contribution in [1.82, 2.24) is 10.7 Å². The van der Waals surface area contributed by atoms with Crippen molar-refractivity contribution < 1.29 is 32.1 Å². The van der Waals surface area contributed by atoms with Crippen LogP contribution in [0.4, 0.5) is 24.5 Å². The van der Waals surface area contributed by atoms with Crippen LogP contribution < -0.4 is 16.2 Å². The Bertz CT molecular complexity index is 897. The van der Waals surface area contributed by atoms with E-state index in [1.165, 1.54) is 18.4 Å². The molecule has 9 nitrogen and oxygen atoms in total. The van der Waals surface area contributed by atoms with Crippen LogP contribution in [0.2, 0.25) is 0 Å².